The van der Waals surface area contributed by atoms with Crippen LogP contribution in [0.5, 0.6) is 0 Å². The van der Waals surface area contributed by atoms with Gasteiger partial charge in [0.15, 0.2) is 6.04 Å². The highest BCUT2D eigenvalue weighted by atomic mass is 19.4. The van der Waals surface area contributed by atoms with Crippen LogP contribution in [0.2, 0.25) is 0 Å². The molecule has 23 heavy (non-hydrogen) atoms. The van der Waals surface area contributed by atoms with E-state index in [2.05, 4.69) is 9.72 Å². The van der Waals surface area contributed by atoms with E-state index >= 15 is 0 Å². The number of esters is 1. The van der Waals surface area contributed by atoms with Crippen molar-refractivity contribution in [1.29, 1.82) is 0 Å². The molecule has 8 heteroatoms. The number of aromatic nitrogens is 1. The van der Waals surface area contributed by atoms with Gasteiger partial charge >= 0.3 is 12.1 Å². The van der Waals surface area contributed by atoms with Gasteiger partial charge in [0.1, 0.15) is 0 Å². The topological polar surface area (TPSA) is 71.2 Å². The van der Waals surface area contributed by atoms with E-state index in [1.807, 2.05) is 5.32 Å². The number of carbonyl (C=O) groups excluding carboxylic acids is 2. The fourth-order valence-corrected chi connectivity index (χ4v) is 2.40. The molecule has 1 heterocycles. The van der Waals surface area contributed by atoms with Crippen molar-refractivity contribution in [2.45, 2.75) is 25.6 Å². The Morgan fingerprint density at radius 1 is 1.30 bits per heavy atom. The maximum absolute atomic E-state index is 13.3. The second-order valence-corrected chi connectivity index (χ2v) is 4.99. The van der Waals surface area contributed by atoms with Gasteiger partial charge in [-0.3, -0.25) is 9.59 Å². The minimum Gasteiger partial charge on any atom is -0.469 e. The predicted octanol–water partition coefficient (Wildman–Crippen LogP) is 2.62. The summed E-state index contributed by atoms with van der Waals surface area (Å²) >= 11 is 0. The van der Waals surface area contributed by atoms with Crippen molar-refractivity contribution < 1.29 is 27.5 Å². The van der Waals surface area contributed by atoms with Crippen LogP contribution in [0.4, 0.5) is 13.2 Å². The molecule has 124 valence electrons. The van der Waals surface area contributed by atoms with Crippen molar-refractivity contribution in [1.82, 2.24) is 10.3 Å². The summed E-state index contributed by atoms with van der Waals surface area (Å²) in [5, 5.41) is 2.36. The quantitative estimate of drug-likeness (QED) is 0.848. The number of benzene rings is 1. The van der Waals surface area contributed by atoms with Crippen LogP contribution in [0.15, 0.2) is 24.3 Å². The first-order valence-electron chi connectivity index (χ1n) is 6.74. The summed E-state index contributed by atoms with van der Waals surface area (Å²) in [6, 6.07) is 4.29. The predicted molar refractivity (Wildman–Crippen MR) is 76.6 cm³/mol. The molecule has 0 saturated carbocycles. The van der Waals surface area contributed by atoms with Gasteiger partial charge in [0.05, 0.1) is 19.2 Å². The number of hydrogen-bond acceptors (Lipinski definition) is 3. The molecule has 0 saturated heterocycles. The second-order valence-electron chi connectivity index (χ2n) is 4.99. The number of rotatable bonds is 4. The normalized spacial score (nSPS) is 12.9. The van der Waals surface area contributed by atoms with Gasteiger partial charge in [0.25, 0.3) is 0 Å². The summed E-state index contributed by atoms with van der Waals surface area (Å²) in [6.07, 6.45) is -5.04. The third-order valence-corrected chi connectivity index (χ3v) is 3.36. The molecule has 0 spiro atoms. The lowest BCUT2D eigenvalue weighted by Crippen LogP contribution is -2.37. The number of carbonyl (C=O) groups is 2. The summed E-state index contributed by atoms with van der Waals surface area (Å²) < 4.78 is 44.6. The van der Waals surface area contributed by atoms with Crippen molar-refractivity contribution in [3.05, 3.63) is 35.5 Å². The van der Waals surface area contributed by atoms with Gasteiger partial charge in [-0.1, -0.05) is 18.2 Å². The van der Waals surface area contributed by atoms with Crippen LogP contribution < -0.4 is 5.32 Å². The van der Waals surface area contributed by atoms with Crippen molar-refractivity contribution in [3.63, 3.8) is 0 Å². The molecule has 2 rings (SSSR count). The SMILES string of the molecule is COC(=O)Cc1c(C(NC(C)=O)C(F)(F)F)[nH]c2ccccc12. The van der Waals surface area contributed by atoms with Crippen LogP contribution >= 0.6 is 0 Å². The average molecular weight is 328 g/mol. The molecule has 0 aliphatic carbocycles. The van der Waals surface area contributed by atoms with Gasteiger partial charge in [0.2, 0.25) is 5.91 Å². The Bertz CT molecular complexity index is 737. The van der Waals surface area contributed by atoms with E-state index in [9.17, 15) is 22.8 Å². The molecule has 0 aliphatic rings. The monoisotopic (exact) mass is 328 g/mol. The molecule has 0 bridgehead atoms. The molecule has 1 unspecified atom stereocenters. The van der Waals surface area contributed by atoms with Gasteiger partial charge < -0.3 is 15.0 Å². The van der Waals surface area contributed by atoms with Gasteiger partial charge in [-0.2, -0.15) is 13.2 Å². The summed E-state index contributed by atoms with van der Waals surface area (Å²) in [4.78, 5) is 25.4. The standard InChI is InChI=1S/C15H15F3N2O3/c1-8(21)19-14(15(16,17)18)13-10(7-12(22)23-2)9-5-3-4-6-11(9)20-13/h3-6,14,20H,7H2,1-2H3,(H,19,21). The number of aromatic amines is 1. The first-order chi connectivity index (χ1) is 10.7. The Morgan fingerprint density at radius 3 is 2.52 bits per heavy atom. The summed E-state index contributed by atoms with van der Waals surface area (Å²) in [5.41, 5.74) is 0.337. The number of H-pyrrole nitrogens is 1. The Kier molecular flexibility index (Phi) is 4.63. The van der Waals surface area contributed by atoms with Crippen molar-refractivity contribution in [2.75, 3.05) is 7.11 Å². The number of methoxy groups -OCH3 is 1. The van der Waals surface area contributed by atoms with Gasteiger partial charge in [-0.05, 0) is 11.6 Å². The highest BCUT2D eigenvalue weighted by Crippen LogP contribution is 2.37. The van der Waals surface area contributed by atoms with Gasteiger partial charge in [0, 0.05) is 17.8 Å². The summed E-state index contributed by atoms with van der Waals surface area (Å²) in [7, 11) is 1.16. The molecule has 1 aromatic heterocycles. The first kappa shape index (κ1) is 16.9. The summed E-state index contributed by atoms with van der Waals surface area (Å²) in [5.74, 6) is -1.49. The molecular weight excluding hydrogens is 313 g/mol. The van der Waals surface area contributed by atoms with E-state index in [1.165, 1.54) is 0 Å². The Hall–Kier alpha value is -2.51. The third kappa shape index (κ3) is 3.64. The number of ether oxygens (including phenoxy) is 1. The number of para-hydroxylation sites is 1. The zero-order chi connectivity index (χ0) is 17.2. The zero-order valence-electron chi connectivity index (χ0n) is 12.5. The van der Waals surface area contributed by atoms with E-state index < -0.39 is 24.1 Å². The molecule has 1 amide bonds. The Labute approximate surface area is 129 Å². The number of nitrogens with one attached hydrogen (secondary N) is 2. The van der Waals surface area contributed by atoms with Crippen molar-refractivity contribution >= 4 is 22.8 Å². The van der Waals surface area contributed by atoms with Crippen LogP contribution in [0.3, 0.4) is 0 Å². The smallest absolute Gasteiger partial charge is 0.414 e. The van der Waals surface area contributed by atoms with E-state index in [4.69, 9.17) is 0 Å². The molecule has 1 aromatic carbocycles. The van der Waals surface area contributed by atoms with E-state index in [-0.39, 0.29) is 17.7 Å². The number of halogens is 3. The van der Waals surface area contributed by atoms with Crippen LogP contribution in [-0.4, -0.2) is 30.1 Å². The summed E-state index contributed by atoms with van der Waals surface area (Å²) in [6.45, 7) is 1.00. The number of fused-ring (bicyclic) bond motifs is 1. The molecule has 0 fully saturated rings. The Morgan fingerprint density at radius 2 is 1.96 bits per heavy atom. The van der Waals surface area contributed by atoms with E-state index in [0.717, 1.165) is 14.0 Å². The molecular formula is C15H15F3N2O3. The molecule has 0 radical (unpaired) electrons. The molecule has 5 nitrogen and oxygen atoms in total. The lowest BCUT2D eigenvalue weighted by Gasteiger charge is -2.21. The average Bonchev–Trinajstić information content (AvgIpc) is 2.82. The Balaban J connectivity index is 2.62. The van der Waals surface area contributed by atoms with Crippen LogP contribution in [-0.2, 0) is 20.7 Å². The fourth-order valence-electron chi connectivity index (χ4n) is 2.40. The highest BCUT2D eigenvalue weighted by molar-refractivity contribution is 5.89. The van der Waals surface area contributed by atoms with Crippen LogP contribution in [0, 0.1) is 0 Å². The maximum atomic E-state index is 13.3. The molecule has 0 aliphatic heterocycles. The maximum Gasteiger partial charge on any atom is 0.414 e. The second kappa shape index (κ2) is 6.31. The van der Waals surface area contributed by atoms with Crippen molar-refractivity contribution in [3.8, 4) is 0 Å². The molecule has 2 N–H and O–H groups in total. The lowest BCUT2D eigenvalue weighted by atomic mass is 10.0. The third-order valence-electron chi connectivity index (χ3n) is 3.36. The number of amides is 1. The largest absolute Gasteiger partial charge is 0.469 e. The minimum atomic E-state index is -4.71. The van der Waals surface area contributed by atoms with Crippen LogP contribution in [0.1, 0.15) is 24.2 Å². The fraction of sp³-hybridized carbons (Fsp3) is 0.333. The lowest BCUT2D eigenvalue weighted by molar-refractivity contribution is -0.163. The molecule has 1 atom stereocenters. The number of alkyl halides is 3. The van der Waals surface area contributed by atoms with Crippen molar-refractivity contribution in [2.24, 2.45) is 0 Å². The highest BCUT2D eigenvalue weighted by Gasteiger charge is 2.44. The van der Waals surface area contributed by atoms with E-state index in [1.54, 1.807) is 24.3 Å². The zero-order valence-corrected chi connectivity index (χ0v) is 12.5. The van der Waals surface area contributed by atoms with E-state index in [0.29, 0.717) is 10.9 Å². The molecule has 2 aromatic rings. The minimum absolute atomic E-state index is 0.156. The first-order valence-corrected chi connectivity index (χ1v) is 6.74. The van der Waals surface area contributed by atoms with Gasteiger partial charge in [-0.15, -0.1) is 0 Å². The van der Waals surface area contributed by atoms with Crippen LogP contribution in [0.25, 0.3) is 10.9 Å². The number of hydrogen-bond donors (Lipinski definition) is 2. The van der Waals surface area contributed by atoms with Gasteiger partial charge in [-0.25, -0.2) is 0 Å².